The standard InChI is InChI=1S/C16H24ClN3O/c1-11(2)7-9-21-10-8-20-15(13(4)17)19-14-6-5-12(3)18-16(14)20/h5-6,11,13H,7-10H2,1-4H3. The molecule has 5 heteroatoms. The van der Waals surface area contributed by atoms with Gasteiger partial charge in [-0.1, -0.05) is 13.8 Å². The molecule has 2 aromatic heterocycles. The van der Waals surface area contributed by atoms with Crippen molar-refractivity contribution in [2.75, 3.05) is 13.2 Å². The van der Waals surface area contributed by atoms with E-state index >= 15 is 0 Å². The maximum Gasteiger partial charge on any atom is 0.160 e. The summed E-state index contributed by atoms with van der Waals surface area (Å²) in [6.45, 7) is 10.5. The third-order valence-electron chi connectivity index (χ3n) is 3.42. The minimum absolute atomic E-state index is 0.143. The molecular formula is C16H24ClN3O. The second-order valence-corrected chi connectivity index (χ2v) is 6.48. The number of aromatic nitrogens is 3. The molecule has 0 N–H and O–H groups in total. The zero-order valence-corrected chi connectivity index (χ0v) is 14.0. The van der Waals surface area contributed by atoms with Crippen LogP contribution in [0.5, 0.6) is 0 Å². The summed E-state index contributed by atoms with van der Waals surface area (Å²) in [4.78, 5) is 9.19. The third kappa shape index (κ3) is 4.17. The minimum Gasteiger partial charge on any atom is -0.380 e. The molecule has 0 aliphatic rings. The third-order valence-corrected chi connectivity index (χ3v) is 3.61. The highest BCUT2D eigenvalue weighted by Gasteiger charge is 2.15. The molecule has 1 unspecified atom stereocenters. The molecule has 0 aliphatic carbocycles. The van der Waals surface area contributed by atoms with Crippen molar-refractivity contribution in [3.63, 3.8) is 0 Å². The summed E-state index contributed by atoms with van der Waals surface area (Å²) in [5.74, 6) is 1.53. The average molecular weight is 310 g/mol. The fraction of sp³-hybridized carbons (Fsp3) is 0.625. The largest absolute Gasteiger partial charge is 0.380 e. The molecule has 0 aliphatic heterocycles. The topological polar surface area (TPSA) is 39.9 Å². The first-order valence-electron chi connectivity index (χ1n) is 7.54. The normalized spacial score (nSPS) is 13.2. The average Bonchev–Trinajstić information content (AvgIpc) is 2.76. The van der Waals surface area contributed by atoms with Gasteiger partial charge in [0.15, 0.2) is 5.65 Å². The number of pyridine rings is 1. The predicted molar refractivity (Wildman–Crippen MR) is 86.8 cm³/mol. The van der Waals surface area contributed by atoms with Gasteiger partial charge in [0.1, 0.15) is 11.3 Å². The van der Waals surface area contributed by atoms with Crippen molar-refractivity contribution in [1.29, 1.82) is 0 Å². The van der Waals surface area contributed by atoms with E-state index in [0.717, 1.165) is 42.3 Å². The van der Waals surface area contributed by atoms with Crippen LogP contribution in [0.25, 0.3) is 11.2 Å². The van der Waals surface area contributed by atoms with Gasteiger partial charge in [-0.15, -0.1) is 11.6 Å². The van der Waals surface area contributed by atoms with Gasteiger partial charge in [-0.25, -0.2) is 9.97 Å². The van der Waals surface area contributed by atoms with Crippen molar-refractivity contribution in [3.8, 4) is 0 Å². The van der Waals surface area contributed by atoms with E-state index in [-0.39, 0.29) is 5.38 Å². The van der Waals surface area contributed by atoms with Crippen LogP contribution in [0.4, 0.5) is 0 Å². The molecule has 2 aromatic rings. The Bertz CT molecular complexity index is 592. The molecule has 0 bridgehead atoms. The van der Waals surface area contributed by atoms with Crippen LogP contribution < -0.4 is 0 Å². The highest BCUT2D eigenvalue weighted by atomic mass is 35.5. The maximum absolute atomic E-state index is 6.25. The van der Waals surface area contributed by atoms with Gasteiger partial charge in [0.05, 0.1) is 12.0 Å². The number of halogens is 1. The van der Waals surface area contributed by atoms with Gasteiger partial charge in [-0.3, -0.25) is 0 Å². The van der Waals surface area contributed by atoms with Crippen molar-refractivity contribution in [1.82, 2.24) is 14.5 Å². The molecule has 1 atom stereocenters. The summed E-state index contributed by atoms with van der Waals surface area (Å²) in [6, 6.07) is 3.97. The summed E-state index contributed by atoms with van der Waals surface area (Å²) in [7, 11) is 0. The Balaban J connectivity index is 2.12. The first-order chi connectivity index (χ1) is 9.99. The molecule has 2 heterocycles. The van der Waals surface area contributed by atoms with Crippen LogP contribution in [0, 0.1) is 12.8 Å². The highest BCUT2D eigenvalue weighted by Crippen LogP contribution is 2.23. The number of hydrogen-bond donors (Lipinski definition) is 0. The summed E-state index contributed by atoms with van der Waals surface area (Å²) < 4.78 is 7.79. The van der Waals surface area contributed by atoms with E-state index in [9.17, 15) is 0 Å². The van der Waals surface area contributed by atoms with E-state index in [1.165, 1.54) is 0 Å². The van der Waals surface area contributed by atoms with E-state index in [1.54, 1.807) is 0 Å². The Hall–Kier alpha value is -1.13. The second kappa shape index (κ2) is 7.23. The second-order valence-electron chi connectivity index (χ2n) is 5.83. The lowest BCUT2D eigenvalue weighted by Crippen LogP contribution is -2.11. The number of hydrogen-bond acceptors (Lipinski definition) is 3. The van der Waals surface area contributed by atoms with Gasteiger partial charge in [0.2, 0.25) is 0 Å². The van der Waals surface area contributed by atoms with E-state index < -0.39 is 0 Å². The van der Waals surface area contributed by atoms with Gasteiger partial charge in [-0.2, -0.15) is 0 Å². The van der Waals surface area contributed by atoms with Crippen LogP contribution >= 0.6 is 11.6 Å². The lowest BCUT2D eigenvalue weighted by Gasteiger charge is -2.11. The number of alkyl halides is 1. The Kier molecular flexibility index (Phi) is 5.59. The summed E-state index contributed by atoms with van der Waals surface area (Å²) in [5.41, 5.74) is 2.77. The molecule has 0 saturated heterocycles. The van der Waals surface area contributed by atoms with Crippen LogP contribution in [-0.4, -0.2) is 27.7 Å². The summed E-state index contributed by atoms with van der Waals surface area (Å²) >= 11 is 6.25. The van der Waals surface area contributed by atoms with Crippen molar-refractivity contribution in [3.05, 3.63) is 23.7 Å². The molecule has 0 radical (unpaired) electrons. The van der Waals surface area contributed by atoms with E-state index in [4.69, 9.17) is 16.3 Å². The molecule has 2 rings (SSSR count). The first kappa shape index (κ1) is 16.2. The summed E-state index contributed by atoms with van der Waals surface area (Å²) in [6.07, 6.45) is 1.08. The Morgan fingerprint density at radius 3 is 2.62 bits per heavy atom. The van der Waals surface area contributed by atoms with Crippen LogP contribution in [0.15, 0.2) is 12.1 Å². The van der Waals surface area contributed by atoms with Crippen LogP contribution in [-0.2, 0) is 11.3 Å². The lowest BCUT2D eigenvalue weighted by atomic mass is 10.1. The van der Waals surface area contributed by atoms with Crippen LogP contribution in [0.2, 0.25) is 0 Å². The number of rotatable bonds is 7. The predicted octanol–water partition coefficient (Wildman–Crippen LogP) is 4.10. The number of fused-ring (bicyclic) bond motifs is 1. The quantitative estimate of drug-likeness (QED) is 0.571. The van der Waals surface area contributed by atoms with Gasteiger partial charge < -0.3 is 9.30 Å². The molecule has 116 valence electrons. The number of imidazole rings is 1. The number of nitrogens with zero attached hydrogens (tertiary/aromatic N) is 3. The zero-order chi connectivity index (χ0) is 15.4. The highest BCUT2D eigenvalue weighted by molar-refractivity contribution is 6.20. The smallest absolute Gasteiger partial charge is 0.160 e. The van der Waals surface area contributed by atoms with E-state index in [1.807, 2.05) is 26.0 Å². The van der Waals surface area contributed by atoms with Gasteiger partial charge in [0, 0.05) is 18.8 Å². The number of aryl methyl sites for hydroxylation is 1. The zero-order valence-electron chi connectivity index (χ0n) is 13.3. The van der Waals surface area contributed by atoms with E-state index in [0.29, 0.717) is 12.5 Å². The van der Waals surface area contributed by atoms with Gasteiger partial charge in [-0.05, 0) is 38.3 Å². The number of ether oxygens (including phenoxy) is 1. The lowest BCUT2D eigenvalue weighted by molar-refractivity contribution is 0.116. The monoisotopic (exact) mass is 309 g/mol. The molecule has 0 fully saturated rings. The Labute approximate surface area is 131 Å². The van der Waals surface area contributed by atoms with Crippen molar-refractivity contribution >= 4 is 22.8 Å². The van der Waals surface area contributed by atoms with Gasteiger partial charge in [0.25, 0.3) is 0 Å². The van der Waals surface area contributed by atoms with Crippen molar-refractivity contribution in [2.45, 2.75) is 46.0 Å². The fourth-order valence-electron chi connectivity index (χ4n) is 2.21. The molecule has 0 saturated carbocycles. The van der Waals surface area contributed by atoms with Gasteiger partial charge >= 0.3 is 0 Å². The SMILES string of the molecule is Cc1ccc2nc(C(C)Cl)n(CCOCCC(C)C)c2n1. The Morgan fingerprint density at radius 1 is 1.19 bits per heavy atom. The van der Waals surface area contributed by atoms with Crippen molar-refractivity contribution in [2.24, 2.45) is 5.92 Å². The molecule has 0 amide bonds. The molecule has 4 nitrogen and oxygen atoms in total. The van der Waals surface area contributed by atoms with Crippen LogP contribution in [0.1, 0.15) is 44.1 Å². The summed E-state index contributed by atoms with van der Waals surface area (Å²) in [5, 5.41) is -0.143. The maximum atomic E-state index is 6.25. The van der Waals surface area contributed by atoms with Crippen LogP contribution in [0.3, 0.4) is 0 Å². The molecule has 21 heavy (non-hydrogen) atoms. The molecular weight excluding hydrogens is 286 g/mol. The minimum atomic E-state index is -0.143. The fourth-order valence-corrected chi connectivity index (χ4v) is 2.38. The van der Waals surface area contributed by atoms with Crippen molar-refractivity contribution < 1.29 is 4.74 Å². The molecule has 0 spiro atoms. The Morgan fingerprint density at radius 2 is 1.95 bits per heavy atom. The first-order valence-corrected chi connectivity index (χ1v) is 7.98. The molecule has 0 aromatic carbocycles. The van der Waals surface area contributed by atoms with E-state index in [2.05, 4.69) is 28.4 Å².